The molecule has 0 aliphatic heterocycles. The van der Waals surface area contributed by atoms with E-state index in [0.29, 0.717) is 10.7 Å². The Bertz CT molecular complexity index is 251. The molecule has 3 heteroatoms. The maximum absolute atomic E-state index is 11.7. The van der Waals surface area contributed by atoms with Crippen LogP contribution in [0.2, 0.25) is 0 Å². The van der Waals surface area contributed by atoms with Crippen molar-refractivity contribution in [2.75, 3.05) is 6.54 Å². The molecule has 98 valence electrons. The number of alkyl halides is 1. The molecule has 0 aromatic heterocycles. The highest BCUT2D eigenvalue weighted by Crippen LogP contribution is 2.30. The number of hydrogen-bond acceptors (Lipinski definition) is 1. The van der Waals surface area contributed by atoms with Crippen LogP contribution in [0.1, 0.15) is 57.8 Å². The first-order chi connectivity index (χ1) is 8.24. The number of hydrogen-bond donors (Lipinski definition) is 1. The summed E-state index contributed by atoms with van der Waals surface area (Å²) in [5.74, 6) is 1.81. The molecule has 2 saturated carbocycles. The predicted octanol–water partition coefficient (Wildman–Crippen LogP) is 3.64. The summed E-state index contributed by atoms with van der Waals surface area (Å²) in [6.45, 7) is 0.894. The van der Waals surface area contributed by atoms with E-state index in [0.717, 1.165) is 25.3 Å². The highest BCUT2D eigenvalue weighted by molar-refractivity contribution is 9.09. The van der Waals surface area contributed by atoms with Gasteiger partial charge in [-0.05, 0) is 37.5 Å². The Morgan fingerprint density at radius 2 is 1.88 bits per heavy atom. The molecule has 2 aliphatic carbocycles. The van der Waals surface area contributed by atoms with Gasteiger partial charge in [0.2, 0.25) is 5.91 Å². The van der Waals surface area contributed by atoms with E-state index in [1.165, 1.54) is 44.9 Å². The Morgan fingerprint density at radius 3 is 2.53 bits per heavy atom. The van der Waals surface area contributed by atoms with Gasteiger partial charge in [0.25, 0.3) is 0 Å². The first kappa shape index (κ1) is 13.4. The van der Waals surface area contributed by atoms with E-state index in [-0.39, 0.29) is 5.91 Å². The number of rotatable bonds is 5. The zero-order valence-corrected chi connectivity index (χ0v) is 12.2. The molecule has 2 rings (SSSR count). The highest BCUT2D eigenvalue weighted by atomic mass is 79.9. The van der Waals surface area contributed by atoms with E-state index in [1.807, 2.05) is 0 Å². The molecule has 0 spiro atoms. The lowest BCUT2D eigenvalue weighted by Crippen LogP contribution is -2.28. The van der Waals surface area contributed by atoms with Crippen LogP contribution in [0.15, 0.2) is 0 Å². The highest BCUT2D eigenvalue weighted by Gasteiger charge is 2.23. The average Bonchev–Trinajstić information content (AvgIpc) is 2.95. The maximum atomic E-state index is 11.7. The van der Waals surface area contributed by atoms with E-state index in [9.17, 15) is 4.79 Å². The van der Waals surface area contributed by atoms with Crippen molar-refractivity contribution in [1.82, 2.24) is 5.32 Å². The van der Waals surface area contributed by atoms with Crippen molar-refractivity contribution in [3.8, 4) is 0 Å². The molecule has 0 heterocycles. The molecule has 2 nitrogen and oxygen atoms in total. The van der Waals surface area contributed by atoms with Crippen LogP contribution in [0.25, 0.3) is 0 Å². The van der Waals surface area contributed by atoms with Crippen molar-refractivity contribution in [3.05, 3.63) is 0 Å². The minimum Gasteiger partial charge on any atom is -0.356 e. The lowest BCUT2D eigenvalue weighted by molar-refractivity contribution is -0.121. The molecule has 1 N–H and O–H groups in total. The largest absolute Gasteiger partial charge is 0.356 e. The fraction of sp³-hybridized carbons (Fsp3) is 0.929. The first-order valence-corrected chi connectivity index (χ1v) is 8.06. The van der Waals surface area contributed by atoms with Crippen LogP contribution in [0, 0.1) is 11.8 Å². The normalized spacial score (nSPS) is 29.7. The van der Waals surface area contributed by atoms with Crippen molar-refractivity contribution < 1.29 is 4.79 Å². The third-order valence-corrected chi connectivity index (χ3v) is 5.15. The molecule has 0 aromatic rings. The van der Waals surface area contributed by atoms with Gasteiger partial charge in [-0.3, -0.25) is 4.79 Å². The third-order valence-electron chi connectivity index (χ3n) is 4.32. The van der Waals surface area contributed by atoms with Crippen LogP contribution >= 0.6 is 15.9 Å². The van der Waals surface area contributed by atoms with Gasteiger partial charge in [-0.1, -0.05) is 41.6 Å². The fourth-order valence-electron chi connectivity index (χ4n) is 3.18. The van der Waals surface area contributed by atoms with Crippen LogP contribution in [-0.4, -0.2) is 17.3 Å². The molecular formula is C14H24BrNO. The zero-order chi connectivity index (χ0) is 12.1. The van der Waals surface area contributed by atoms with E-state index >= 15 is 0 Å². The van der Waals surface area contributed by atoms with Gasteiger partial charge in [-0.15, -0.1) is 0 Å². The average molecular weight is 302 g/mol. The summed E-state index contributed by atoms with van der Waals surface area (Å²) < 4.78 is 0. The van der Waals surface area contributed by atoms with Crippen LogP contribution in [0.4, 0.5) is 0 Å². The number of carbonyl (C=O) groups excluding carboxylic acids is 1. The monoisotopic (exact) mass is 301 g/mol. The van der Waals surface area contributed by atoms with Gasteiger partial charge in [0, 0.05) is 17.8 Å². The lowest BCUT2D eigenvalue weighted by atomic mass is 10.0. The Labute approximate surface area is 113 Å². The molecule has 17 heavy (non-hydrogen) atoms. The first-order valence-electron chi connectivity index (χ1n) is 7.15. The second-order valence-corrected chi connectivity index (χ2v) is 7.06. The van der Waals surface area contributed by atoms with E-state index in [2.05, 4.69) is 21.2 Å². The Hall–Kier alpha value is -0.0500. The number of carbonyl (C=O) groups is 1. The second-order valence-electron chi connectivity index (χ2n) is 5.77. The van der Waals surface area contributed by atoms with Crippen LogP contribution in [-0.2, 0) is 4.79 Å². The van der Waals surface area contributed by atoms with Crippen LogP contribution in [0.3, 0.4) is 0 Å². The van der Waals surface area contributed by atoms with Crippen molar-refractivity contribution in [2.45, 2.75) is 62.6 Å². The molecule has 0 aromatic carbocycles. The number of amides is 1. The standard InChI is InChI=1S/C14H24BrNO/c15-13-7-5-12(9-13)10-16-14(17)8-6-11-3-1-2-4-11/h11-13H,1-10H2,(H,16,17). The van der Waals surface area contributed by atoms with E-state index in [4.69, 9.17) is 0 Å². The van der Waals surface area contributed by atoms with Gasteiger partial charge >= 0.3 is 0 Å². The maximum Gasteiger partial charge on any atom is 0.220 e. The molecule has 2 atom stereocenters. The quantitative estimate of drug-likeness (QED) is 0.772. The molecule has 2 unspecified atom stereocenters. The van der Waals surface area contributed by atoms with Crippen molar-refractivity contribution in [1.29, 1.82) is 0 Å². The summed E-state index contributed by atoms with van der Waals surface area (Å²) in [6, 6.07) is 0. The van der Waals surface area contributed by atoms with Gasteiger partial charge < -0.3 is 5.32 Å². The summed E-state index contributed by atoms with van der Waals surface area (Å²) in [4.78, 5) is 12.4. The third kappa shape index (κ3) is 4.61. The summed E-state index contributed by atoms with van der Waals surface area (Å²) in [6.07, 6.45) is 11.1. The summed E-state index contributed by atoms with van der Waals surface area (Å²) >= 11 is 3.65. The second kappa shape index (κ2) is 6.77. The predicted molar refractivity (Wildman–Crippen MR) is 74.3 cm³/mol. The molecule has 0 saturated heterocycles. The summed E-state index contributed by atoms with van der Waals surface area (Å²) in [7, 11) is 0. The van der Waals surface area contributed by atoms with Crippen molar-refractivity contribution in [2.24, 2.45) is 11.8 Å². The van der Waals surface area contributed by atoms with Crippen molar-refractivity contribution >= 4 is 21.8 Å². The van der Waals surface area contributed by atoms with Gasteiger partial charge in [0.15, 0.2) is 0 Å². The number of halogens is 1. The molecule has 2 aliphatic rings. The molecule has 0 radical (unpaired) electrons. The van der Waals surface area contributed by atoms with Crippen LogP contribution < -0.4 is 5.32 Å². The van der Waals surface area contributed by atoms with Gasteiger partial charge in [0.1, 0.15) is 0 Å². The Balaban J connectivity index is 1.54. The molecular weight excluding hydrogens is 278 g/mol. The van der Waals surface area contributed by atoms with Crippen molar-refractivity contribution in [3.63, 3.8) is 0 Å². The van der Waals surface area contributed by atoms with Crippen LogP contribution in [0.5, 0.6) is 0 Å². The van der Waals surface area contributed by atoms with Gasteiger partial charge in [0.05, 0.1) is 0 Å². The smallest absolute Gasteiger partial charge is 0.220 e. The number of nitrogens with one attached hydrogen (secondary N) is 1. The Morgan fingerprint density at radius 1 is 1.12 bits per heavy atom. The summed E-state index contributed by atoms with van der Waals surface area (Å²) in [5.41, 5.74) is 0. The molecule has 1 amide bonds. The van der Waals surface area contributed by atoms with Gasteiger partial charge in [-0.2, -0.15) is 0 Å². The SMILES string of the molecule is O=C(CCC1CCCC1)NCC1CCC(Br)C1. The fourth-order valence-corrected chi connectivity index (χ4v) is 3.97. The minimum absolute atomic E-state index is 0.273. The molecule has 2 fully saturated rings. The van der Waals surface area contributed by atoms with Gasteiger partial charge in [-0.25, -0.2) is 0 Å². The van der Waals surface area contributed by atoms with E-state index < -0.39 is 0 Å². The Kier molecular flexibility index (Phi) is 5.33. The minimum atomic E-state index is 0.273. The summed E-state index contributed by atoms with van der Waals surface area (Å²) in [5, 5.41) is 3.11. The zero-order valence-electron chi connectivity index (χ0n) is 10.6. The topological polar surface area (TPSA) is 29.1 Å². The molecule has 0 bridgehead atoms. The van der Waals surface area contributed by atoms with E-state index in [1.54, 1.807) is 0 Å². The lowest BCUT2D eigenvalue weighted by Gasteiger charge is -2.12.